The molecule has 1 amide bonds. The number of benzene rings is 3. The molecule has 8 heteroatoms. The number of carbonyl (C=O) groups is 1. The van der Waals surface area contributed by atoms with Crippen LogP contribution in [0.4, 0.5) is 11.4 Å². The first kappa shape index (κ1) is 26.2. The second-order valence-electron chi connectivity index (χ2n) is 9.23. The molecule has 1 saturated heterocycles. The summed E-state index contributed by atoms with van der Waals surface area (Å²) in [6.07, 6.45) is 0. The molecule has 0 spiro atoms. The van der Waals surface area contributed by atoms with Crippen molar-refractivity contribution in [3.63, 3.8) is 0 Å². The lowest BCUT2D eigenvalue weighted by atomic mass is 9.99. The van der Waals surface area contributed by atoms with Crippen LogP contribution in [0, 0.1) is 0 Å². The summed E-state index contributed by atoms with van der Waals surface area (Å²) in [6.45, 7) is 7.40. The molecule has 0 bridgehead atoms. The molecule has 0 radical (unpaired) electrons. The van der Waals surface area contributed by atoms with Gasteiger partial charge in [-0.15, -0.1) is 0 Å². The van der Waals surface area contributed by atoms with Gasteiger partial charge in [0.15, 0.2) is 11.5 Å². The lowest BCUT2D eigenvalue weighted by Gasteiger charge is -2.28. The van der Waals surface area contributed by atoms with Crippen LogP contribution in [0.25, 0.3) is 11.3 Å². The Morgan fingerprint density at radius 3 is 2.29 bits per heavy atom. The van der Waals surface area contributed by atoms with Gasteiger partial charge in [-0.05, 0) is 43.2 Å². The van der Waals surface area contributed by atoms with Crippen LogP contribution in [0.1, 0.15) is 30.5 Å². The lowest BCUT2D eigenvalue weighted by molar-refractivity contribution is -0.110. The molecule has 7 nitrogen and oxygen atoms in total. The van der Waals surface area contributed by atoms with Gasteiger partial charge in [0, 0.05) is 37.0 Å². The highest BCUT2D eigenvalue weighted by molar-refractivity contribution is 7.91. The number of hydrogen-bond acceptors (Lipinski definition) is 6. The van der Waals surface area contributed by atoms with Crippen molar-refractivity contribution in [2.24, 2.45) is 0 Å². The van der Waals surface area contributed by atoms with Crippen LogP contribution >= 0.6 is 0 Å². The summed E-state index contributed by atoms with van der Waals surface area (Å²) in [4.78, 5) is 15.7. The highest BCUT2D eigenvalue weighted by Gasteiger charge is 2.30. The summed E-state index contributed by atoms with van der Waals surface area (Å²) in [5.74, 6) is 2.53. The van der Waals surface area contributed by atoms with Crippen molar-refractivity contribution in [2.45, 2.75) is 20.4 Å². The molecule has 2 N–H and O–H groups in total. The Morgan fingerprint density at radius 2 is 1.63 bits per heavy atom. The normalized spacial score (nSPS) is 17.1. The fourth-order valence-electron chi connectivity index (χ4n) is 4.78. The second-order valence-corrected chi connectivity index (χ2v) is 10.9. The van der Waals surface area contributed by atoms with E-state index < -0.39 is 11.2 Å². The average molecular weight is 532 g/mol. The van der Waals surface area contributed by atoms with Crippen molar-refractivity contribution in [1.82, 2.24) is 4.90 Å². The molecule has 38 heavy (non-hydrogen) atoms. The third-order valence-electron chi connectivity index (χ3n) is 6.64. The Labute approximate surface area is 227 Å². The van der Waals surface area contributed by atoms with E-state index in [2.05, 4.69) is 27.7 Å². The molecule has 2 heterocycles. The van der Waals surface area contributed by atoms with Gasteiger partial charge in [0.2, 0.25) is 0 Å². The summed E-state index contributed by atoms with van der Waals surface area (Å²) in [5.41, 5.74) is 5.74. The fourth-order valence-corrected chi connectivity index (χ4v) is 5.90. The van der Waals surface area contributed by atoms with E-state index in [4.69, 9.17) is 9.47 Å². The molecule has 5 rings (SSSR count). The number of rotatable bonds is 9. The van der Waals surface area contributed by atoms with E-state index in [-0.39, 0.29) is 5.91 Å². The SMILES string of the molecule is CCOc1cc2c(cc1OCC)C(=C(Nc1ccc(CN3CC[S+]([O-])CC3)cc1)c1ccccc1)C(=O)N2. The summed E-state index contributed by atoms with van der Waals surface area (Å²) in [5, 5.41) is 6.54. The second kappa shape index (κ2) is 11.9. The number of fused-ring (bicyclic) bond motifs is 1. The number of ether oxygens (including phenoxy) is 2. The van der Waals surface area contributed by atoms with Crippen molar-refractivity contribution in [1.29, 1.82) is 0 Å². The van der Waals surface area contributed by atoms with E-state index in [1.807, 2.05) is 68.4 Å². The van der Waals surface area contributed by atoms with Gasteiger partial charge in [-0.2, -0.15) is 0 Å². The maximum atomic E-state index is 13.4. The quantitative estimate of drug-likeness (QED) is 0.299. The predicted molar refractivity (Wildman–Crippen MR) is 154 cm³/mol. The molecule has 3 aromatic rings. The molecule has 1 fully saturated rings. The van der Waals surface area contributed by atoms with Crippen LogP contribution in [0.2, 0.25) is 0 Å². The Balaban J connectivity index is 1.48. The maximum absolute atomic E-state index is 13.4. The van der Waals surface area contributed by atoms with E-state index in [0.29, 0.717) is 36.0 Å². The molecule has 0 aliphatic carbocycles. The summed E-state index contributed by atoms with van der Waals surface area (Å²) in [6, 6.07) is 21.9. The molecular formula is C30H33N3O4S. The third kappa shape index (κ3) is 5.83. The molecule has 0 saturated carbocycles. The summed E-state index contributed by atoms with van der Waals surface area (Å²) < 4.78 is 23.3. The van der Waals surface area contributed by atoms with E-state index in [1.54, 1.807) is 0 Å². The van der Waals surface area contributed by atoms with Gasteiger partial charge in [-0.25, -0.2) is 0 Å². The van der Waals surface area contributed by atoms with Crippen LogP contribution in [-0.2, 0) is 22.5 Å². The largest absolute Gasteiger partial charge is 0.616 e. The lowest BCUT2D eigenvalue weighted by Crippen LogP contribution is -2.39. The van der Waals surface area contributed by atoms with Gasteiger partial charge in [-0.1, -0.05) is 53.6 Å². The number of nitrogens with one attached hydrogen (secondary N) is 2. The van der Waals surface area contributed by atoms with E-state index in [1.165, 1.54) is 5.56 Å². The van der Waals surface area contributed by atoms with Gasteiger partial charge in [0.05, 0.1) is 30.2 Å². The van der Waals surface area contributed by atoms with Crippen molar-refractivity contribution in [3.05, 3.63) is 83.4 Å². The minimum Gasteiger partial charge on any atom is -0.616 e. The van der Waals surface area contributed by atoms with Gasteiger partial charge >= 0.3 is 0 Å². The minimum absolute atomic E-state index is 0.179. The Kier molecular flexibility index (Phi) is 8.22. The highest BCUT2D eigenvalue weighted by atomic mass is 32.2. The number of nitrogens with zero attached hydrogens (tertiary/aromatic N) is 1. The van der Waals surface area contributed by atoms with E-state index in [0.717, 1.165) is 53.7 Å². The van der Waals surface area contributed by atoms with Crippen molar-refractivity contribution in [2.75, 3.05) is 48.4 Å². The van der Waals surface area contributed by atoms with Crippen molar-refractivity contribution in [3.8, 4) is 11.5 Å². The molecule has 0 aromatic heterocycles. The first-order chi connectivity index (χ1) is 18.6. The van der Waals surface area contributed by atoms with Gasteiger partial charge in [-0.3, -0.25) is 9.69 Å². The molecule has 0 unspecified atom stereocenters. The Hall–Kier alpha value is -3.46. The zero-order valence-electron chi connectivity index (χ0n) is 21.8. The number of carbonyl (C=O) groups excluding carboxylic acids is 1. The standard InChI is InChI=1S/C30H33N3O4S/c1-3-36-26-18-24-25(19-27(26)37-4-2)32-30(34)28(24)29(22-8-6-5-7-9-22)31-23-12-10-21(11-13-23)20-33-14-16-38(35)17-15-33/h5-13,18-19,31H,3-4,14-17,20H2,1-2H3,(H,32,34). The number of hydrogen-bond donors (Lipinski definition) is 2. The Morgan fingerprint density at radius 1 is 0.974 bits per heavy atom. The molecule has 3 aromatic carbocycles. The summed E-state index contributed by atoms with van der Waals surface area (Å²) >= 11 is -0.677. The topological polar surface area (TPSA) is 85.9 Å². The van der Waals surface area contributed by atoms with Crippen LogP contribution in [0.15, 0.2) is 66.7 Å². The zero-order chi connectivity index (χ0) is 26.5. The summed E-state index contributed by atoms with van der Waals surface area (Å²) in [7, 11) is 0. The monoisotopic (exact) mass is 531 g/mol. The minimum atomic E-state index is -0.677. The van der Waals surface area contributed by atoms with Crippen LogP contribution in [0.3, 0.4) is 0 Å². The van der Waals surface area contributed by atoms with Crippen LogP contribution in [-0.4, -0.2) is 53.2 Å². The zero-order valence-corrected chi connectivity index (χ0v) is 22.6. The average Bonchev–Trinajstić information content (AvgIpc) is 3.24. The van der Waals surface area contributed by atoms with Gasteiger partial charge < -0.3 is 24.7 Å². The predicted octanol–water partition coefficient (Wildman–Crippen LogP) is 4.98. The van der Waals surface area contributed by atoms with Crippen LogP contribution in [0.5, 0.6) is 11.5 Å². The molecule has 198 valence electrons. The highest BCUT2D eigenvalue weighted by Crippen LogP contribution is 2.43. The molecular weight excluding hydrogens is 498 g/mol. The van der Waals surface area contributed by atoms with Crippen molar-refractivity contribution >= 4 is 39.7 Å². The number of amides is 1. The van der Waals surface area contributed by atoms with Gasteiger partial charge in [0.25, 0.3) is 5.91 Å². The van der Waals surface area contributed by atoms with Crippen LogP contribution < -0.4 is 20.1 Å². The maximum Gasteiger partial charge on any atom is 0.258 e. The molecule has 2 aliphatic rings. The van der Waals surface area contributed by atoms with E-state index >= 15 is 0 Å². The fraction of sp³-hybridized carbons (Fsp3) is 0.300. The van der Waals surface area contributed by atoms with Crippen molar-refractivity contribution < 1.29 is 18.8 Å². The third-order valence-corrected chi connectivity index (χ3v) is 7.92. The first-order valence-corrected chi connectivity index (χ1v) is 14.5. The molecule has 2 aliphatic heterocycles. The Bertz CT molecular complexity index is 1300. The number of anilines is 2. The first-order valence-electron chi connectivity index (χ1n) is 13.0. The smallest absolute Gasteiger partial charge is 0.258 e. The molecule has 0 atom stereocenters. The van der Waals surface area contributed by atoms with E-state index in [9.17, 15) is 9.35 Å². The van der Waals surface area contributed by atoms with Gasteiger partial charge in [0.1, 0.15) is 11.5 Å².